The van der Waals surface area contributed by atoms with Crippen LogP contribution < -0.4 is 15.8 Å². The monoisotopic (exact) mass is 326 g/mol. The van der Waals surface area contributed by atoms with Crippen LogP contribution in [0, 0.1) is 5.92 Å². The van der Waals surface area contributed by atoms with Gasteiger partial charge in [0, 0.05) is 11.7 Å². The second-order valence-corrected chi connectivity index (χ2v) is 4.57. The Morgan fingerprint density at radius 1 is 1.29 bits per heavy atom. The van der Waals surface area contributed by atoms with E-state index in [2.05, 4.69) is 10.1 Å². The Hall–Kier alpha value is -1.47. The van der Waals surface area contributed by atoms with Gasteiger partial charge in [-0.05, 0) is 31.2 Å². The lowest BCUT2D eigenvalue weighted by atomic mass is 10.0. The fraction of sp³-hybridized carbons (Fsp3) is 0.462. The zero-order valence-corrected chi connectivity index (χ0v) is 12.4. The van der Waals surface area contributed by atoms with Gasteiger partial charge in [0.25, 0.3) is 0 Å². The van der Waals surface area contributed by atoms with Crippen LogP contribution in [0.5, 0.6) is 5.75 Å². The van der Waals surface area contributed by atoms with E-state index in [0.29, 0.717) is 5.69 Å². The fourth-order valence-corrected chi connectivity index (χ4v) is 1.29. The molecule has 1 amide bonds. The molecule has 1 aromatic carbocycles. The van der Waals surface area contributed by atoms with Crippen molar-refractivity contribution >= 4 is 24.0 Å². The quantitative estimate of drug-likeness (QED) is 0.874. The van der Waals surface area contributed by atoms with Crippen LogP contribution in [-0.2, 0) is 4.79 Å². The van der Waals surface area contributed by atoms with Gasteiger partial charge in [0.05, 0.1) is 5.92 Å². The number of rotatable bonds is 5. The Bertz CT molecular complexity index is 450. The minimum atomic E-state index is -4.38. The van der Waals surface area contributed by atoms with Gasteiger partial charge in [-0.2, -0.15) is 13.2 Å². The van der Waals surface area contributed by atoms with E-state index in [1.54, 1.807) is 13.8 Å². The summed E-state index contributed by atoms with van der Waals surface area (Å²) >= 11 is 0. The van der Waals surface area contributed by atoms with E-state index in [9.17, 15) is 18.0 Å². The molecule has 0 bridgehead atoms. The maximum absolute atomic E-state index is 12.0. The normalized spacial score (nSPS) is 13.8. The van der Waals surface area contributed by atoms with E-state index >= 15 is 0 Å². The maximum atomic E-state index is 12.0. The van der Waals surface area contributed by atoms with Gasteiger partial charge in [0.2, 0.25) is 5.91 Å². The molecule has 0 aromatic heterocycles. The molecule has 0 fully saturated rings. The summed E-state index contributed by atoms with van der Waals surface area (Å²) in [5, 5.41) is 2.63. The summed E-state index contributed by atoms with van der Waals surface area (Å²) in [6.45, 7) is 2.07. The smallest absolute Gasteiger partial charge is 0.422 e. The van der Waals surface area contributed by atoms with Crippen molar-refractivity contribution < 1.29 is 22.7 Å². The number of carbonyl (C=O) groups excluding carboxylic acids is 1. The Balaban J connectivity index is 0.00000400. The van der Waals surface area contributed by atoms with E-state index in [1.165, 1.54) is 24.3 Å². The van der Waals surface area contributed by atoms with E-state index in [-0.39, 0.29) is 36.0 Å². The van der Waals surface area contributed by atoms with Gasteiger partial charge in [-0.1, -0.05) is 6.92 Å². The summed E-state index contributed by atoms with van der Waals surface area (Å²) in [5.41, 5.74) is 6.08. The van der Waals surface area contributed by atoms with E-state index in [0.717, 1.165) is 0 Å². The standard InChI is InChI=1S/C13H17F3N2O2.ClH/c1-8(9(2)17)12(19)18-10-3-5-11(6-4-10)20-7-13(14,15)16;/h3-6,8-9H,7,17H2,1-2H3,(H,18,19);1H. The number of alkyl halides is 3. The zero-order valence-electron chi connectivity index (χ0n) is 11.6. The Morgan fingerprint density at radius 2 is 1.81 bits per heavy atom. The van der Waals surface area contributed by atoms with Gasteiger partial charge in [0.15, 0.2) is 6.61 Å². The summed E-state index contributed by atoms with van der Waals surface area (Å²) in [5.74, 6) is -0.527. The number of hydrogen-bond acceptors (Lipinski definition) is 3. The van der Waals surface area contributed by atoms with Crippen LogP contribution in [0.3, 0.4) is 0 Å². The molecule has 2 atom stereocenters. The number of nitrogens with one attached hydrogen (secondary N) is 1. The average Bonchev–Trinajstić information content (AvgIpc) is 2.36. The van der Waals surface area contributed by atoms with Gasteiger partial charge in [-0.15, -0.1) is 12.4 Å². The molecule has 8 heteroatoms. The van der Waals surface area contributed by atoms with Crippen molar-refractivity contribution in [3.8, 4) is 5.75 Å². The Labute approximate surface area is 127 Å². The molecular weight excluding hydrogens is 309 g/mol. The van der Waals surface area contributed by atoms with Gasteiger partial charge < -0.3 is 15.8 Å². The topological polar surface area (TPSA) is 64.4 Å². The highest BCUT2D eigenvalue weighted by atomic mass is 35.5. The Kier molecular flexibility index (Phi) is 7.52. The molecule has 2 unspecified atom stereocenters. The van der Waals surface area contributed by atoms with E-state index in [4.69, 9.17) is 5.73 Å². The van der Waals surface area contributed by atoms with Crippen LogP contribution in [0.15, 0.2) is 24.3 Å². The first-order valence-electron chi connectivity index (χ1n) is 6.05. The van der Waals surface area contributed by atoms with Crippen molar-refractivity contribution in [3.63, 3.8) is 0 Å². The highest BCUT2D eigenvalue weighted by molar-refractivity contribution is 5.92. The summed E-state index contributed by atoms with van der Waals surface area (Å²) in [6.07, 6.45) is -4.38. The third kappa shape index (κ3) is 7.19. The first-order valence-corrected chi connectivity index (χ1v) is 6.05. The first-order chi connectivity index (χ1) is 9.19. The molecule has 0 radical (unpaired) electrons. The molecule has 0 saturated heterocycles. The second-order valence-electron chi connectivity index (χ2n) is 4.57. The van der Waals surface area contributed by atoms with Crippen LogP contribution in [-0.4, -0.2) is 24.7 Å². The van der Waals surface area contributed by atoms with Crippen molar-refractivity contribution in [2.75, 3.05) is 11.9 Å². The summed E-state index contributed by atoms with van der Waals surface area (Å²) < 4.78 is 40.4. The predicted octanol–water partition coefficient (Wildman–Crippen LogP) is 2.97. The lowest BCUT2D eigenvalue weighted by Gasteiger charge is -2.15. The molecule has 0 heterocycles. The SMILES string of the molecule is CC(N)C(C)C(=O)Nc1ccc(OCC(F)(F)F)cc1.Cl. The van der Waals surface area contributed by atoms with Gasteiger partial charge in [-0.3, -0.25) is 4.79 Å². The molecule has 0 saturated carbocycles. The van der Waals surface area contributed by atoms with Gasteiger partial charge in [-0.25, -0.2) is 0 Å². The van der Waals surface area contributed by atoms with Crippen molar-refractivity contribution in [1.82, 2.24) is 0 Å². The molecule has 4 nitrogen and oxygen atoms in total. The number of ether oxygens (including phenoxy) is 1. The van der Waals surface area contributed by atoms with Crippen molar-refractivity contribution in [2.45, 2.75) is 26.1 Å². The first kappa shape index (κ1) is 19.5. The molecule has 0 aliphatic rings. The number of nitrogens with two attached hydrogens (primary N) is 1. The zero-order chi connectivity index (χ0) is 15.3. The van der Waals surface area contributed by atoms with Crippen LogP contribution >= 0.6 is 12.4 Å². The van der Waals surface area contributed by atoms with Gasteiger partial charge >= 0.3 is 6.18 Å². The van der Waals surface area contributed by atoms with Crippen LogP contribution in [0.25, 0.3) is 0 Å². The third-order valence-electron chi connectivity index (χ3n) is 2.73. The number of carbonyl (C=O) groups is 1. The fourth-order valence-electron chi connectivity index (χ4n) is 1.29. The highest BCUT2D eigenvalue weighted by Gasteiger charge is 2.28. The number of amides is 1. The lowest BCUT2D eigenvalue weighted by molar-refractivity contribution is -0.153. The second kappa shape index (κ2) is 8.09. The largest absolute Gasteiger partial charge is 0.484 e. The minimum absolute atomic E-state index is 0. The number of hydrogen-bond donors (Lipinski definition) is 2. The molecule has 1 aromatic rings. The Morgan fingerprint density at radius 3 is 2.24 bits per heavy atom. The van der Waals surface area contributed by atoms with Crippen LogP contribution in [0.4, 0.5) is 18.9 Å². The lowest BCUT2D eigenvalue weighted by Crippen LogP contribution is -2.34. The van der Waals surface area contributed by atoms with Crippen molar-refractivity contribution in [2.24, 2.45) is 11.7 Å². The maximum Gasteiger partial charge on any atom is 0.422 e. The highest BCUT2D eigenvalue weighted by Crippen LogP contribution is 2.20. The molecular formula is C13H18ClF3N2O2. The molecule has 120 valence electrons. The van der Waals surface area contributed by atoms with Crippen LogP contribution in [0.2, 0.25) is 0 Å². The molecule has 0 aliphatic heterocycles. The third-order valence-corrected chi connectivity index (χ3v) is 2.73. The number of benzene rings is 1. The van der Waals surface area contributed by atoms with Crippen molar-refractivity contribution in [1.29, 1.82) is 0 Å². The summed E-state index contributed by atoms with van der Waals surface area (Å²) in [6, 6.07) is 5.37. The van der Waals surface area contributed by atoms with Crippen molar-refractivity contribution in [3.05, 3.63) is 24.3 Å². The van der Waals surface area contributed by atoms with Gasteiger partial charge in [0.1, 0.15) is 5.75 Å². The average molecular weight is 327 g/mol. The molecule has 0 aliphatic carbocycles. The molecule has 0 spiro atoms. The number of anilines is 1. The molecule has 3 N–H and O–H groups in total. The summed E-state index contributed by atoms with van der Waals surface area (Å²) in [7, 11) is 0. The number of halogens is 4. The molecule has 21 heavy (non-hydrogen) atoms. The predicted molar refractivity (Wildman–Crippen MR) is 76.7 cm³/mol. The molecule has 1 rings (SSSR count). The van der Waals surface area contributed by atoms with Crippen LogP contribution in [0.1, 0.15) is 13.8 Å². The minimum Gasteiger partial charge on any atom is -0.484 e. The van der Waals surface area contributed by atoms with E-state index in [1.807, 2.05) is 0 Å². The van der Waals surface area contributed by atoms with E-state index < -0.39 is 12.8 Å². The summed E-state index contributed by atoms with van der Waals surface area (Å²) in [4.78, 5) is 11.7.